The largest absolute Gasteiger partial charge is 0.444 e. The van der Waals surface area contributed by atoms with E-state index < -0.39 is 5.60 Å². The number of nitrogens with zero attached hydrogens (tertiary/aromatic N) is 7. The molecule has 0 unspecified atom stereocenters. The number of piperazine rings is 2. The topological polar surface area (TPSA) is 103 Å². The zero-order valence-corrected chi connectivity index (χ0v) is 21.8. The van der Waals surface area contributed by atoms with Crippen LogP contribution in [0, 0.1) is 0 Å². The highest BCUT2D eigenvalue weighted by atomic mass is 127. The van der Waals surface area contributed by atoms with Crippen LogP contribution < -0.4 is 10.6 Å². The van der Waals surface area contributed by atoms with E-state index in [9.17, 15) is 4.79 Å². The number of guanidine groups is 1. The number of halogens is 1. The van der Waals surface area contributed by atoms with Crippen molar-refractivity contribution in [2.45, 2.75) is 32.8 Å². The lowest BCUT2D eigenvalue weighted by molar-refractivity contribution is 0.0186. The van der Waals surface area contributed by atoms with Crippen molar-refractivity contribution in [3.8, 4) is 0 Å². The van der Waals surface area contributed by atoms with Crippen LogP contribution in [-0.4, -0.2) is 108 Å². The number of aliphatic imine (C=N–C) groups is 1. The predicted octanol–water partition coefficient (Wildman–Crippen LogP) is 1.47. The van der Waals surface area contributed by atoms with Gasteiger partial charge in [0, 0.05) is 77.8 Å². The third kappa shape index (κ3) is 8.23. The van der Waals surface area contributed by atoms with Crippen LogP contribution in [-0.2, 0) is 4.74 Å². The van der Waals surface area contributed by atoms with Gasteiger partial charge >= 0.3 is 6.09 Å². The number of rotatable bonds is 5. The van der Waals surface area contributed by atoms with Crippen molar-refractivity contribution in [3.05, 3.63) is 18.5 Å². The molecule has 3 rings (SSSR count). The number of nitrogens with two attached hydrogens (primary N) is 1. The maximum absolute atomic E-state index is 12.2. The maximum Gasteiger partial charge on any atom is 0.410 e. The average molecular weight is 560 g/mol. The average Bonchev–Trinajstić information content (AvgIpc) is 2.76. The molecule has 0 aromatic carbocycles. The van der Waals surface area contributed by atoms with Gasteiger partial charge in [-0.2, -0.15) is 0 Å². The maximum atomic E-state index is 12.2. The Bertz CT molecular complexity index is 727. The smallest absolute Gasteiger partial charge is 0.410 e. The number of ether oxygens (including phenoxy) is 1. The van der Waals surface area contributed by atoms with Crippen LogP contribution in [0.3, 0.4) is 0 Å². The molecule has 1 aromatic heterocycles. The number of hydrogen-bond acceptors (Lipinski definition) is 7. The minimum atomic E-state index is -0.476. The molecule has 0 aliphatic carbocycles. The Balaban J connectivity index is 0.00000363. The molecule has 2 aliphatic heterocycles. The molecule has 2 fully saturated rings. The molecule has 11 heteroatoms. The fourth-order valence-electron chi connectivity index (χ4n) is 3.66. The Hall–Kier alpha value is -1.89. The summed E-state index contributed by atoms with van der Waals surface area (Å²) >= 11 is 0. The fraction of sp³-hybridized carbons (Fsp3) is 0.714. The highest BCUT2D eigenvalue weighted by molar-refractivity contribution is 14.0. The monoisotopic (exact) mass is 560 g/mol. The van der Waals surface area contributed by atoms with E-state index in [1.54, 1.807) is 17.3 Å². The number of aromatic nitrogens is 2. The van der Waals surface area contributed by atoms with Gasteiger partial charge in [0.25, 0.3) is 0 Å². The Morgan fingerprint density at radius 2 is 1.62 bits per heavy atom. The van der Waals surface area contributed by atoms with Crippen molar-refractivity contribution in [3.63, 3.8) is 0 Å². The lowest BCUT2D eigenvalue weighted by Crippen LogP contribution is -2.53. The second-order valence-electron chi connectivity index (χ2n) is 8.93. The molecule has 0 atom stereocenters. The first kappa shape index (κ1) is 26.4. The summed E-state index contributed by atoms with van der Waals surface area (Å²) in [6, 6.07) is 1.84. The van der Waals surface area contributed by atoms with Gasteiger partial charge in [-0.25, -0.2) is 14.8 Å². The summed E-state index contributed by atoms with van der Waals surface area (Å²) in [4.78, 5) is 33.8. The van der Waals surface area contributed by atoms with Crippen LogP contribution in [0.25, 0.3) is 0 Å². The highest BCUT2D eigenvalue weighted by Gasteiger charge is 2.26. The molecule has 0 spiro atoms. The van der Waals surface area contributed by atoms with Gasteiger partial charge in [0.05, 0.1) is 0 Å². The first-order valence-electron chi connectivity index (χ1n) is 11.1. The van der Waals surface area contributed by atoms with Crippen LogP contribution in [0.15, 0.2) is 23.5 Å². The number of carbonyl (C=O) groups is 1. The molecule has 0 radical (unpaired) electrons. The molecule has 10 nitrogen and oxygen atoms in total. The van der Waals surface area contributed by atoms with Crippen LogP contribution in [0.1, 0.15) is 27.2 Å². The van der Waals surface area contributed by atoms with E-state index in [1.807, 2.05) is 31.7 Å². The van der Waals surface area contributed by atoms with Crippen LogP contribution in [0.2, 0.25) is 0 Å². The number of carbonyl (C=O) groups excluding carboxylic acids is 1. The SMILES string of the molecule is CC(C)(C)OC(=O)N1CCN(C(N)=NCCCN2CCN(c3ncccn3)CC2)CC1.I. The van der Waals surface area contributed by atoms with Gasteiger partial charge in [0.15, 0.2) is 5.96 Å². The highest BCUT2D eigenvalue weighted by Crippen LogP contribution is 2.12. The van der Waals surface area contributed by atoms with E-state index in [2.05, 4.69) is 24.8 Å². The van der Waals surface area contributed by atoms with Crippen LogP contribution >= 0.6 is 24.0 Å². The Labute approximate surface area is 208 Å². The molecule has 0 bridgehead atoms. The molecular weight excluding hydrogens is 523 g/mol. The quantitative estimate of drug-likeness (QED) is 0.250. The van der Waals surface area contributed by atoms with E-state index in [0.717, 1.165) is 45.1 Å². The molecular formula is C21H37IN8O2. The molecule has 1 amide bonds. The van der Waals surface area contributed by atoms with Crippen LogP contribution in [0.4, 0.5) is 10.7 Å². The van der Waals surface area contributed by atoms with Crippen LogP contribution in [0.5, 0.6) is 0 Å². The standard InChI is InChI=1S/C21H36N8O2.HI/c1-21(2,3)31-20(30)29-16-14-27(15-17-29)18(22)23-8-5-9-26-10-12-28(13-11-26)19-24-6-4-7-25-19;/h4,6-7H,5,8-17H2,1-3H3,(H2,22,23);1H. The minimum absolute atomic E-state index is 0. The zero-order chi connectivity index (χ0) is 22.3. The molecule has 180 valence electrons. The van der Waals surface area contributed by atoms with E-state index in [1.165, 1.54) is 0 Å². The number of anilines is 1. The van der Waals surface area contributed by atoms with Gasteiger partial charge < -0.3 is 25.2 Å². The van der Waals surface area contributed by atoms with Gasteiger partial charge in [-0.05, 0) is 33.3 Å². The predicted molar refractivity (Wildman–Crippen MR) is 137 cm³/mol. The molecule has 2 saturated heterocycles. The Morgan fingerprint density at radius 3 is 2.22 bits per heavy atom. The third-order valence-corrected chi connectivity index (χ3v) is 5.37. The first-order chi connectivity index (χ1) is 14.8. The van der Waals surface area contributed by atoms with Crippen molar-refractivity contribution in [1.82, 2.24) is 24.7 Å². The molecule has 32 heavy (non-hydrogen) atoms. The van der Waals surface area contributed by atoms with Crippen molar-refractivity contribution in [2.75, 3.05) is 70.3 Å². The number of amides is 1. The molecule has 2 aliphatic rings. The summed E-state index contributed by atoms with van der Waals surface area (Å²) < 4.78 is 5.43. The Kier molecular flexibility index (Phi) is 10.2. The molecule has 0 saturated carbocycles. The third-order valence-electron chi connectivity index (χ3n) is 5.37. The van der Waals surface area contributed by atoms with Gasteiger partial charge in [-0.15, -0.1) is 24.0 Å². The normalized spacial score (nSPS) is 18.3. The molecule has 3 heterocycles. The lowest BCUT2D eigenvalue weighted by atomic mass is 10.2. The summed E-state index contributed by atoms with van der Waals surface area (Å²) in [5.41, 5.74) is 5.71. The van der Waals surface area contributed by atoms with Gasteiger partial charge in [-0.1, -0.05) is 0 Å². The fourth-order valence-corrected chi connectivity index (χ4v) is 3.66. The summed E-state index contributed by atoms with van der Waals surface area (Å²) in [5.74, 6) is 1.38. The first-order valence-corrected chi connectivity index (χ1v) is 11.1. The second kappa shape index (κ2) is 12.4. The summed E-state index contributed by atoms with van der Waals surface area (Å²) in [6.45, 7) is 13.8. The van der Waals surface area contributed by atoms with Crippen molar-refractivity contribution >= 4 is 42.0 Å². The van der Waals surface area contributed by atoms with E-state index in [0.29, 0.717) is 38.7 Å². The minimum Gasteiger partial charge on any atom is -0.444 e. The Morgan fingerprint density at radius 1 is 1.03 bits per heavy atom. The van der Waals surface area contributed by atoms with E-state index in [4.69, 9.17) is 10.5 Å². The van der Waals surface area contributed by atoms with Gasteiger partial charge in [0.2, 0.25) is 5.95 Å². The molecule has 2 N–H and O–H groups in total. The lowest BCUT2D eigenvalue weighted by Gasteiger charge is -2.36. The van der Waals surface area contributed by atoms with Crippen molar-refractivity contribution in [1.29, 1.82) is 0 Å². The van der Waals surface area contributed by atoms with Crippen molar-refractivity contribution < 1.29 is 9.53 Å². The number of hydrogen-bond donors (Lipinski definition) is 1. The summed E-state index contributed by atoms with van der Waals surface area (Å²) in [7, 11) is 0. The van der Waals surface area contributed by atoms with Crippen molar-refractivity contribution in [2.24, 2.45) is 10.7 Å². The van der Waals surface area contributed by atoms with E-state index in [-0.39, 0.29) is 30.1 Å². The summed E-state index contributed by atoms with van der Waals surface area (Å²) in [6.07, 6.45) is 4.28. The summed E-state index contributed by atoms with van der Waals surface area (Å²) in [5, 5.41) is 0. The van der Waals surface area contributed by atoms with Gasteiger partial charge in [0.1, 0.15) is 5.60 Å². The second-order valence-corrected chi connectivity index (χ2v) is 8.93. The van der Waals surface area contributed by atoms with E-state index >= 15 is 0 Å². The molecule has 1 aromatic rings. The van der Waals surface area contributed by atoms with Gasteiger partial charge in [-0.3, -0.25) is 9.89 Å². The zero-order valence-electron chi connectivity index (χ0n) is 19.4.